The molecule has 24 heavy (non-hydrogen) atoms. The maximum absolute atomic E-state index is 11.4. The number of carbonyl (C=O) groups is 1. The number of hydrogen-bond donors (Lipinski definition) is 1. The number of rotatable bonds is 7. The maximum Gasteiger partial charge on any atom is 0.335 e. The highest BCUT2D eigenvalue weighted by molar-refractivity contribution is 5.89. The minimum atomic E-state index is -0.872. The summed E-state index contributed by atoms with van der Waals surface area (Å²) in [6, 6.07) is 7.23. The number of nitrogens with zero attached hydrogens (tertiary/aromatic N) is 3. The molecule has 1 aliphatic heterocycles. The third-order valence-electron chi connectivity index (χ3n) is 4.30. The Balaban J connectivity index is 1.62. The van der Waals surface area contributed by atoms with Gasteiger partial charge in [0, 0.05) is 20.1 Å². The van der Waals surface area contributed by atoms with Gasteiger partial charge in [-0.1, -0.05) is 23.4 Å². The molecule has 2 aromatic rings. The van der Waals surface area contributed by atoms with E-state index in [-0.39, 0.29) is 5.92 Å². The van der Waals surface area contributed by atoms with Crippen molar-refractivity contribution >= 4 is 5.97 Å². The van der Waals surface area contributed by atoms with Crippen LogP contribution in [-0.2, 0) is 17.7 Å². The molecule has 1 N–H and O–H groups in total. The van der Waals surface area contributed by atoms with Crippen LogP contribution in [0.3, 0.4) is 0 Å². The highest BCUT2D eigenvalue weighted by atomic mass is 16.5. The zero-order valence-corrected chi connectivity index (χ0v) is 13.6. The quantitative estimate of drug-likeness (QED) is 0.829. The first-order chi connectivity index (χ1) is 11.7. The minimum Gasteiger partial charge on any atom is -0.478 e. The fraction of sp³-hybridized carbons (Fsp3) is 0.471. The number of methoxy groups -OCH3 is 1. The fourth-order valence-electron chi connectivity index (χ4n) is 3.12. The van der Waals surface area contributed by atoms with Crippen LogP contribution in [-0.4, -0.2) is 52.9 Å². The molecule has 0 radical (unpaired) electrons. The average molecular weight is 331 g/mol. The summed E-state index contributed by atoms with van der Waals surface area (Å²) in [5.41, 5.74) is 1.29. The molecule has 1 atom stereocenters. The second kappa shape index (κ2) is 7.55. The van der Waals surface area contributed by atoms with E-state index in [9.17, 15) is 9.90 Å². The number of hydrogen-bond acceptors (Lipinski definition) is 6. The van der Waals surface area contributed by atoms with E-state index in [0.29, 0.717) is 36.9 Å². The van der Waals surface area contributed by atoms with Crippen LogP contribution in [0.1, 0.15) is 40.0 Å². The summed E-state index contributed by atoms with van der Waals surface area (Å²) >= 11 is 0. The van der Waals surface area contributed by atoms with E-state index in [4.69, 9.17) is 9.26 Å². The molecular formula is C17H21N3O4. The van der Waals surface area contributed by atoms with Crippen molar-refractivity contribution < 1.29 is 19.2 Å². The fourth-order valence-corrected chi connectivity index (χ4v) is 3.12. The Bertz CT molecular complexity index is 701. The molecule has 1 fully saturated rings. The Hall–Kier alpha value is -2.25. The van der Waals surface area contributed by atoms with Gasteiger partial charge < -0.3 is 14.4 Å². The van der Waals surface area contributed by atoms with Crippen LogP contribution >= 0.6 is 0 Å². The van der Waals surface area contributed by atoms with Crippen LogP contribution in [0, 0.1) is 0 Å². The topological polar surface area (TPSA) is 88.7 Å². The molecule has 0 amide bonds. The van der Waals surface area contributed by atoms with E-state index < -0.39 is 5.97 Å². The lowest BCUT2D eigenvalue weighted by Gasteiger charge is -2.15. The van der Waals surface area contributed by atoms with Gasteiger partial charge in [-0.05, 0) is 30.5 Å². The van der Waals surface area contributed by atoms with E-state index in [1.807, 2.05) is 12.1 Å². The van der Waals surface area contributed by atoms with Crippen LogP contribution in [0.4, 0.5) is 0 Å². The van der Waals surface area contributed by atoms with Crippen molar-refractivity contribution in [2.75, 3.05) is 26.8 Å². The lowest BCUT2D eigenvalue weighted by molar-refractivity contribution is 0.0695. The van der Waals surface area contributed by atoms with E-state index in [1.54, 1.807) is 19.2 Å². The second-order valence-electron chi connectivity index (χ2n) is 5.96. The van der Waals surface area contributed by atoms with Crippen LogP contribution in [0.15, 0.2) is 28.8 Å². The zero-order valence-electron chi connectivity index (χ0n) is 13.6. The summed E-state index contributed by atoms with van der Waals surface area (Å²) in [4.78, 5) is 18.0. The lowest BCUT2D eigenvalue weighted by atomic mass is 9.93. The first kappa shape index (κ1) is 16.6. The average Bonchev–Trinajstić information content (AvgIpc) is 3.23. The van der Waals surface area contributed by atoms with Crippen molar-refractivity contribution in [2.24, 2.45) is 0 Å². The standard InChI is InChI=1S/C17H21N3O4/c1-23-9-7-15-18-16(24-19-15)11-20-8-6-12(10-20)13-4-2-3-5-14(13)17(21)22/h2-5,12H,6-11H2,1H3,(H,21,22)/t12-/m0/s1. The summed E-state index contributed by atoms with van der Waals surface area (Å²) in [5, 5.41) is 13.3. The van der Waals surface area contributed by atoms with Crippen molar-refractivity contribution in [3.8, 4) is 0 Å². The van der Waals surface area contributed by atoms with Gasteiger partial charge in [0.2, 0.25) is 5.89 Å². The molecule has 0 unspecified atom stereocenters. The molecule has 7 heteroatoms. The molecule has 0 aliphatic carbocycles. The predicted molar refractivity (Wildman–Crippen MR) is 85.9 cm³/mol. The SMILES string of the molecule is COCCc1noc(CN2CC[C@H](c3ccccc3C(=O)O)C2)n1. The van der Waals surface area contributed by atoms with Gasteiger partial charge in [0.1, 0.15) is 0 Å². The molecular weight excluding hydrogens is 310 g/mol. The van der Waals surface area contributed by atoms with Gasteiger partial charge in [-0.3, -0.25) is 4.90 Å². The van der Waals surface area contributed by atoms with Crippen molar-refractivity contribution in [3.05, 3.63) is 47.1 Å². The van der Waals surface area contributed by atoms with Crippen molar-refractivity contribution in [3.63, 3.8) is 0 Å². The van der Waals surface area contributed by atoms with E-state index in [0.717, 1.165) is 25.1 Å². The number of ether oxygens (including phenoxy) is 1. The number of carboxylic acids is 1. The predicted octanol–water partition coefficient (Wildman–Crippen LogP) is 1.95. The maximum atomic E-state index is 11.4. The first-order valence-electron chi connectivity index (χ1n) is 8.02. The Morgan fingerprint density at radius 1 is 1.46 bits per heavy atom. The number of benzene rings is 1. The Morgan fingerprint density at radius 3 is 3.08 bits per heavy atom. The Morgan fingerprint density at radius 2 is 2.29 bits per heavy atom. The molecule has 1 aromatic heterocycles. The highest BCUT2D eigenvalue weighted by Gasteiger charge is 2.28. The number of likely N-dealkylation sites (tertiary alicyclic amines) is 1. The third kappa shape index (κ3) is 3.80. The van der Waals surface area contributed by atoms with E-state index >= 15 is 0 Å². The molecule has 0 saturated carbocycles. The largest absolute Gasteiger partial charge is 0.478 e. The number of aromatic nitrogens is 2. The third-order valence-corrected chi connectivity index (χ3v) is 4.30. The second-order valence-corrected chi connectivity index (χ2v) is 5.96. The molecule has 3 rings (SSSR count). The number of carboxylic acid groups (broad SMARTS) is 1. The molecule has 128 valence electrons. The van der Waals surface area contributed by atoms with Gasteiger partial charge >= 0.3 is 5.97 Å². The van der Waals surface area contributed by atoms with Crippen LogP contribution in [0.25, 0.3) is 0 Å². The molecule has 1 aromatic carbocycles. The Kier molecular flexibility index (Phi) is 5.22. The van der Waals surface area contributed by atoms with Gasteiger partial charge in [0.25, 0.3) is 0 Å². The summed E-state index contributed by atoms with van der Waals surface area (Å²) in [6.45, 7) is 2.83. The molecule has 1 aliphatic rings. The molecule has 0 bridgehead atoms. The summed E-state index contributed by atoms with van der Waals surface area (Å²) < 4.78 is 10.3. The van der Waals surface area contributed by atoms with E-state index in [1.165, 1.54) is 0 Å². The summed E-state index contributed by atoms with van der Waals surface area (Å²) in [5.74, 6) is 0.587. The zero-order chi connectivity index (χ0) is 16.9. The molecule has 1 saturated heterocycles. The van der Waals surface area contributed by atoms with Gasteiger partial charge in [0.15, 0.2) is 5.82 Å². The van der Waals surface area contributed by atoms with E-state index in [2.05, 4.69) is 15.0 Å². The monoisotopic (exact) mass is 331 g/mol. The van der Waals surface area contributed by atoms with Gasteiger partial charge in [-0.15, -0.1) is 0 Å². The van der Waals surface area contributed by atoms with Crippen LogP contribution in [0.2, 0.25) is 0 Å². The number of aromatic carboxylic acids is 1. The normalized spacial score (nSPS) is 18.1. The van der Waals surface area contributed by atoms with Crippen LogP contribution in [0.5, 0.6) is 0 Å². The minimum absolute atomic E-state index is 0.216. The lowest BCUT2D eigenvalue weighted by Crippen LogP contribution is -2.20. The van der Waals surface area contributed by atoms with Gasteiger partial charge in [-0.2, -0.15) is 4.98 Å². The van der Waals surface area contributed by atoms with Crippen molar-refractivity contribution in [1.29, 1.82) is 0 Å². The van der Waals surface area contributed by atoms with Crippen LogP contribution < -0.4 is 0 Å². The molecule has 7 nitrogen and oxygen atoms in total. The Labute approximate surface area is 140 Å². The van der Waals surface area contributed by atoms with Gasteiger partial charge in [0.05, 0.1) is 18.7 Å². The highest BCUT2D eigenvalue weighted by Crippen LogP contribution is 2.30. The summed E-state index contributed by atoms with van der Waals surface area (Å²) in [6.07, 6.45) is 1.56. The molecule has 0 spiro atoms. The van der Waals surface area contributed by atoms with Crippen molar-refractivity contribution in [2.45, 2.75) is 25.3 Å². The smallest absolute Gasteiger partial charge is 0.335 e. The van der Waals surface area contributed by atoms with Crippen molar-refractivity contribution in [1.82, 2.24) is 15.0 Å². The first-order valence-corrected chi connectivity index (χ1v) is 8.02. The summed E-state index contributed by atoms with van der Waals surface area (Å²) in [7, 11) is 1.64. The van der Waals surface area contributed by atoms with Gasteiger partial charge in [-0.25, -0.2) is 4.79 Å². The molecule has 2 heterocycles.